The maximum absolute atomic E-state index is 12.5. The summed E-state index contributed by atoms with van der Waals surface area (Å²) in [4.78, 5) is 18.7. The third-order valence-electron chi connectivity index (χ3n) is 6.40. The largest absolute Gasteiger partial charge is 0.458 e. The number of nitrogens with zero attached hydrogens (tertiary/aromatic N) is 6. The van der Waals surface area contributed by atoms with Crippen LogP contribution >= 0.6 is 11.6 Å². The topological polar surface area (TPSA) is 122 Å². The normalized spacial score (nSPS) is 12.2. The van der Waals surface area contributed by atoms with Crippen LogP contribution in [0.4, 0.5) is 0 Å². The lowest BCUT2D eigenvalue weighted by atomic mass is 9.98. The molecule has 200 valence electrons. The number of aromatic amines is 1. The van der Waals surface area contributed by atoms with E-state index in [0.717, 1.165) is 47.3 Å². The number of hydrogen-bond acceptors (Lipinski definition) is 8. The fourth-order valence-electron chi connectivity index (χ4n) is 4.22. The molecule has 0 unspecified atom stereocenters. The zero-order valence-electron chi connectivity index (χ0n) is 21.8. The summed E-state index contributed by atoms with van der Waals surface area (Å²) in [6, 6.07) is 15.4. The van der Waals surface area contributed by atoms with Gasteiger partial charge in [0.15, 0.2) is 5.15 Å². The molecular weight excluding hydrogens is 506 g/mol. The summed E-state index contributed by atoms with van der Waals surface area (Å²) in [5.41, 5.74) is 4.60. The third kappa shape index (κ3) is 6.27. The van der Waals surface area contributed by atoms with Crippen LogP contribution in [0.1, 0.15) is 36.8 Å². The maximum atomic E-state index is 12.5. The van der Waals surface area contributed by atoms with Crippen molar-refractivity contribution in [3.05, 3.63) is 70.8 Å². The van der Waals surface area contributed by atoms with Gasteiger partial charge in [-0.2, -0.15) is 5.21 Å². The standard InChI is InChI=1S/C27H32ClN7O3/c1-4-5-10-24-29-25(28)23(17-38-27(37)22(16-36)34(2)3)35(24)15-18-11-13-19(14-12-18)20-8-6-7-9-21(20)26-30-32-33-31-26/h6-9,11-14,22,36H,4-5,10,15-17H2,1-3H3,(H,30,31,32,33)/t22-/m1/s1. The Morgan fingerprint density at radius 2 is 1.89 bits per heavy atom. The van der Waals surface area contributed by atoms with Crippen molar-refractivity contribution in [2.24, 2.45) is 0 Å². The summed E-state index contributed by atoms with van der Waals surface area (Å²) < 4.78 is 7.56. The number of esters is 1. The average molecular weight is 538 g/mol. The molecule has 2 aromatic heterocycles. The van der Waals surface area contributed by atoms with E-state index in [4.69, 9.17) is 16.3 Å². The summed E-state index contributed by atoms with van der Waals surface area (Å²) >= 11 is 6.52. The van der Waals surface area contributed by atoms with Gasteiger partial charge in [0, 0.05) is 18.5 Å². The number of carbonyl (C=O) groups excluding carboxylic acids is 1. The summed E-state index contributed by atoms with van der Waals surface area (Å²) in [5.74, 6) is 0.872. The Morgan fingerprint density at radius 3 is 2.53 bits per heavy atom. The summed E-state index contributed by atoms with van der Waals surface area (Å²) in [7, 11) is 3.43. The monoisotopic (exact) mass is 537 g/mol. The zero-order chi connectivity index (χ0) is 27.1. The first kappa shape index (κ1) is 27.4. The van der Waals surface area contributed by atoms with Crippen LogP contribution in [0.2, 0.25) is 5.15 Å². The highest BCUT2D eigenvalue weighted by Crippen LogP contribution is 2.30. The van der Waals surface area contributed by atoms with Crippen LogP contribution in [0.5, 0.6) is 0 Å². The number of H-pyrrole nitrogens is 1. The molecule has 2 N–H and O–H groups in total. The number of imidazole rings is 1. The predicted octanol–water partition coefficient (Wildman–Crippen LogP) is 3.74. The molecule has 0 aliphatic rings. The number of nitrogens with one attached hydrogen (secondary N) is 1. The number of rotatable bonds is 12. The van der Waals surface area contributed by atoms with Crippen molar-refractivity contribution in [1.82, 2.24) is 35.1 Å². The molecule has 0 fully saturated rings. The second kappa shape index (κ2) is 12.8. The van der Waals surface area contributed by atoms with E-state index in [9.17, 15) is 9.90 Å². The van der Waals surface area contributed by atoms with Gasteiger partial charge in [0.25, 0.3) is 0 Å². The molecule has 11 heteroatoms. The van der Waals surface area contributed by atoms with Crippen LogP contribution in [-0.2, 0) is 29.1 Å². The van der Waals surface area contributed by atoms with Crippen LogP contribution in [0.25, 0.3) is 22.5 Å². The molecule has 0 amide bonds. The average Bonchev–Trinajstić information content (AvgIpc) is 3.55. The number of aliphatic hydroxyl groups excluding tert-OH is 1. The first-order valence-corrected chi connectivity index (χ1v) is 12.9. The lowest BCUT2D eigenvalue weighted by molar-refractivity contribution is -0.152. The maximum Gasteiger partial charge on any atom is 0.326 e. The Labute approximate surface area is 226 Å². The summed E-state index contributed by atoms with van der Waals surface area (Å²) in [6.45, 7) is 2.29. The van der Waals surface area contributed by atoms with E-state index in [-0.39, 0.29) is 13.2 Å². The molecule has 0 bridgehead atoms. The number of unbranched alkanes of at least 4 members (excludes halogenated alkanes) is 1. The predicted molar refractivity (Wildman–Crippen MR) is 144 cm³/mol. The van der Waals surface area contributed by atoms with Crippen LogP contribution < -0.4 is 0 Å². The smallest absolute Gasteiger partial charge is 0.326 e. The van der Waals surface area contributed by atoms with E-state index in [1.165, 1.54) is 0 Å². The van der Waals surface area contributed by atoms with Gasteiger partial charge in [-0.25, -0.2) is 4.98 Å². The van der Waals surface area contributed by atoms with Crippen LogP contribution in [0, 0.1) is 0 Å². The molecule has 38 heavy (non-hydrogen) atoms. The van der Waals surface area contributed by atoms with Crippen LogP contribution in [-0.4, -0.2) is 72.9 Å². The first-order valence-electron chi connectivity index (χ1n) is 12.5. The van der Waals surface area contributed by atoms with Gasteiger partial charge in [0.1, 0.15) is 18.5 Å². The van der Waals surface area contributed by atoms with Gasteiger partial charge in [0.05, 0.1) is 12.3 Å². The highest BCUT2D eigenvalue weighted by molar-refractivity contribution is 6.30. The molecule has 0 saturated carbocycles. The van der Waals surface area contributed by atoms with E-state index in [1.54, 1.807) is 19.0 Å². The van der Waals surface area contributed by atoms with Crippen molar-refractivity contribution >= 4 is 17.6 Å². The third-order valence-corrected chi connectivity index (χ3v) is 6.70. The molecule has 0 radical (unpaired) electrons. The van der Waals surface area contributed by atoms with Crippen LogP contribution in [0.3, 0.4) is 0 Å². The number of likely N-dealkylation sites (N-methyl/N-ethyl adjacent to an activating group) is 1. The van der Waals surface area contributed by atoms with Gasteiger partial charge in [0.2, 0.25) is 5.82 Å². The van der Waals surface area contributed by atoms with E-state index in [2.05, 4.69) is 56.8 Å². The van der Waals surface area contributed by atoms with Crippen molar-refractivity contribution in [3.63, 3.8) is 0 Å². The highest BCUT2D eigenvalue weighted by atomic mass is 35.5. The second-order valence-corrected chi connectivity index (χ2v) is 9.56. The Kier molecular flexibility index (Phi) is 9.22. The fourth-order valence-corrected chi connectivity index (χ4v) is 4.47. The van der Waals surface area contributed by atoms with E-state index >= 15 is 0 Å². The fraction of sp³-hybridized carbons (Fsp3) is 0.370. The van der Waals surface area contributed by atoms with Gasteiger partial charge in [-0.1, -0.05) is 73.5 Å². The van der Waals surface area contributed by atoms with E-state index in [1.807, 2.05) is 28.8 Å². The zero-order valence-corrected chi connectivity index (χ0v) is 22.5. The summed E-state index contributed by atoms with van der Waals surface area (Å²) in [5, 5.41) is 24.3. The Bertz CT molecular complexity index is 1340. The number of tetrazole rings is 1. The number of hydrogen-bond donors (Lipinski definition) is 2. The Balaban J connectivity index is 1.58. The van der Waals surface area contributed by atoms with Gasteiger partial charge in [-0.3, -0.25) is 9.69 Å². The number of carbonyl (C=O) groups is 1. The minimum atomic E-state index is -0.743. The molecule has 10 nitrogen and oxygen atoms in total. The van der Waals surface area contributed by atoms with Crippen LogP contribution in [0.15, 0.2) is 48.5 Å². The number of benzene rings is 2. The van der Waals surface area contributed by atoms with Crippen molar-refractivity contribution < 1.29 is 14.6 Å². The van der Waals surface area contributed by atoms with Gasteiger partial charge in [-0.15, -0.1) is 10.2 Å². The molecule has 0 aliphatic carbocycles. The first-order chi connectivity index (χ1) is 18.4. The number of halogens is 1. The van der Waals surface area contributed by atoms with Crippen molar-refractivity contribution in [3.8, 4) is 22.5 Å². The number of aryl methyl sites for hydroxylation is 1. The molecule has 1 atom stereocenters. The SMILES string of the molecule is CCCCc1nc(Cl)c(COC(=O)[C@@H](CO)N(C)C)n1Cc1ccc(-c2ccccc2-c2nn[nH]n2)cc1. The lowest BCUT2D eigenvalue weighted by Gasteiger charge is -2.20. The number of aliphatic hydroxyl groups is 1. The number of ether oxygens (including phenoxy) is 1. The second-order valence-electron chi connectivity index (χ2n) is 9.20. The van der Waals surface area contributed by atoms with Gasteiger partial charge in [-0.05, 0) is 42.4 Å². The van der Waals surface area contributed by atoms with Gasteiger partial charge < -0.3 is 14.4 Å². The quantitative estimate of drug-likeness (QED) is 0.262. The molecule has 0 aliphatic heterocycles. The highest BCUT2D eigenvalue weighted by Gasteiger charge is 2.24. The van der Waals surface area contributed by atoms with E-state index < -0.39 is 12.0 Å². The molecular formula is C27H32ClN7O3. The van der Waals surface area contributed by atoms with Crippen molar-refractivity contribution in [2.45, 2.75) is 45.4 Å². The summed E-state index contributed by atoms with van der Waals surface area (Å²) in [6.07, 6.45) is 2.74. The lowest BCUT2D eigenvalue weighted by Crippen LogP contribution is -2.40. The minimum absolute atomic E-state index is 0.0305. The number of aromatic nitrogens is 6. The molecule has 2 aromatic carbocycles. The molecule has 2 heterocycles. The minimum Gasteiger partial charge on any atom is -0.458 e. The Hall–Kier alpha value is -3.60. The van der Waals surface area contributed by atoms with Crippen molar-refractivity contribution in [1.29, 1.82) is 0 Å². The molecule has 0 saturated heterocycles. The molecule has 4 aromatic rings. The Morgan fingerprint density at radius 1 is 1.16 bits per heavy atom. The molecule has 0 spiro atoms. The molecule has 4 rings (SSSR count). The van der Waals surface area contributed by atoms with Crippen molar-refractivity contribution in [2.75, 3.05) is 20.7 Å². The van der Waals surface area contributed by atoms with E-state index in [0.29, 0.717) is 23.2 Å². The van der Waals surface area contributed by atoms with Gasteiger partial charge >= 0.3 is 5.97 Å².